The number of ether oxygens (including phenoxy) is 1. The fourth-order valence-corrected chi connectivity index (χ4v) is 2.09. The molecule has 2 N–H and O–H groups in total. The van der Waals surface area contributed by atoms with Crippen LogP contribution in [0.3, 0.4) is 0 Å². The number of aromatic amines is 1. The lowest BCUT2D eigenvalue weighted by Gasteiger charge is -2.18. The summed E-state index contributed by atoms with van der Waals surface area (Å²) in [5, 5.41) is 3.53. The number of aryl methyl sites for hydroxylation is 1. The van der Waals surface area contributed by atoms with Crippen LogP contribution in [0, 0.1) is 0 Å². The molecule has 2 rings (SSSR count). The molecule has 2 aromatic rings. The smallest absolute Gasteiger partial charge is 0.106 e. The number of imidazole rings is 1. The number of H-pyrrole nitrogens is 1. The maximum absolute atomic E-state index is 5.28. The van der Waals surface area contributed by atoms with Crippen molar-refractivity contribution in [1.82, 2.24) is 15.3 Å². The van der Waals surface area contributed by atoms with Crippen LogP contribution in [0.15, 0.2) is 42.7 Å². The van der Waals surface area contributed by atoms with E-state index in [4.69, 9.17) is 4.74 Å². The van der Waals surface area contributed by atoms with Gasteiger partial charge in [0.25, 0.3) is 0 Å². The van der Waals surface area contributed by atoms with Gasteiger partial charge in [-0.05, 0) is 18.5 Å². The predicted octanol–water partition coefficient (Wildman–Crippen LogP) is 2.32. The number of hydrogen-bond acceptors (Lipinski definition) is 3. The molecule has 0 aliphatic carbocycles. The summed E-state index contributed by atoms with van der Waals surface area (Å²) in [6.07, 6.45) is 5.68. The third-order valence-corrected chi connectivity index (χ3v) is 3.07. The molecule has 0 bridgehead atoms. The molecule has 1 unspecified atom stereocenters. The topological polar surface area (TPSA) is 49.9 Å². The van der Waals surface area contributed by atoms with Crippen LogP contribution in [0.1, 0.15) is 23.9 Å². The maximum Gasteiger partial charge on any atom is 0.106 e. The molecule has 0 aliphatic rings. The summed E-state index contributed by atoms with van der Waals surface area (Å²) >= 11 is 0. The number of rotatable bonds is 8. The first-order valence-corrected chi connectivity index (χ1v) is 6.65. The minimum atomic E-state index is 0.253. The van der Waals surface area contributed by atoms with E-state index in [1.54, 1.807) is 13.3 Å². The lowest BCUT2D eigenvalue weighted by Crippen LogP contribution is -2.26. The van der Waals surface area contributed by atoms with E-state index in [0.29, 0.717) is 6.61 Å². The van der Waals surface area contributed by atoms with Gasteiger partial charge in [-0.3, -0.25) is 0 Å². The number of nitrogens with zero attached hydrogens (tertiary/aromatic N) is 1. The van der Waals surface area contributed by atoms with Crippen molar-refractivity contribution < 1.29 is 4.74 Å². The number of aromatic nitrogens is 2. The molecule has 1 heterocycles. The maximum atomic E-state index is 5.28. The summed E-state index contributed by atoms with van der Waals surface area (Å²) in [5.41, 5.74) is 1.27. The van der Waals surface area contributed by atoms with E-state index in [9.17, 15) is 0 Å². The van der Waals surface area contributed by atoms with E-state index < -0.39 is 0 Å². The van der Waals surface area contributed by atoms with Gasteiger partial charge in [0, 0.05) is 25.9 Å². The van der Waals surface area contributed by atoms with Gasteiger partial charge >= 0.3 is 0 Å². The number of methoxy groups -OCH3 is 1. The van der Waals surface area contributed by atoms with Crippen molar-refractivity contribution in [2.24, 2.45) is 0 Å². The first-order valence-electron chi connectivity index (χ1n) is 6.65. The van der Waals surface area contributed by atoms with Gasteiger partial charge in [0.1, 0.15) is 5.82 Å². The zero-order valence-electron chi connectivity index (χ0n) is 11.3. The largest absolute Gasteiger partial charge is 0.383 e. The lowest BCUT2D eigenvalue weighted by atomic mass is 10.1. The van der Waals surface area contributed by atoms with E-state index in [1.807, 2.05) is 12.3 Å². The van der Waals surface area contributed by atoms with Crippen LogP contribution < -0.4 is 5.32 Å². The van der Waals surface area contributed by atoms with Crippen LogP contribution in [0.4, 0.5) is 0 Å². The second-order valence-corrected chi connectivity index (χ2v) is 4.51. The van der Waals surface area contributed by atoms with Crippen molar-refractivity contribution in [3.05, 3.63) is 54.1 Å². The Balaban J connectivity index is 1.77. The van der Waals surface area contributed by atoms with Crippen LogP contribution in [0.2, 0.25) is 0 Å². The van der Waals surface area contributed by atoms with Gasteiger partial charge in [0.15, 0.2) is 0 Å². The average molecular weight is 259 g/mol. The molecule has 0 saturated heterocycles. The quantitative estimate of drug-likeness (QED) is 0.715. The molecule has 0 saturated carbocycles. The predicted molar refractivity (Wildman–Crippen MR) is 76.0 cm³/mol. The lowest BCUT2D eigenvalue weighted by molar-refractivity contribution is 0.167. The van der Waals surface area contributed by atoms with Crippen LogP contribution in [-0.2, 0) is 11.2 Å². The molecule has 4 heteroatoms. The van der Waals surface area contributed by atoms with Gasteiger partial charge in [0.05, 0.1) is 12.6 Å². The minimum Gasteiger partial charge on any atom is -0.383 e. The van der Waals surface area contributed by atoms with Crippen molar-refractivity contribution >= 4 is 0 Å². The molecule has 0 spiro atoms. The molecule has 19 heavy (non-hydrogen) atoms. The molecular weight excluding hydrogens is 238 g/mol. The van der Waals surface area contributed by atoms with Crippen molar-refractivity contribution in [2.45, 2.75) is 18.9 Å². The van der Waals surface area contributed by atoms with E-state index in [1.165, 1.54) is 5.56 Å². The SMILES string of the molecule is COCC(NCCCc1ncc[nH]1)c1ccccc1. The van der Waals surface area contributed by atoms with E-state index in [-0.39, 0.29) is 6.04 Å². The Kier molecular flexibility index (Phi) is 5.59. The Morgan fingerprint density at radius 1 is 1.32 bits per heavy atom. The molecule has 1 atom stereocenters. The number of nitrogens with one attached hydrogen (secondary N) is 2. The fraction of sp³-hybridized carbons (Fsp3) is 0.400. The highest BCUT2D eigenvalue weighted by Gasteiger charge is 2.09. The Morgan fingerprint density at radius 3 is 2.84 bits per heavy atom. The molecular formula is C15H21N3O. The van der Waals surface area contributed by atoms with Crippen LogP contribution in [0.25, 0.3) is 0 Å². The van der Waals surface area contributed by atoms with E-state index in [2.05, 4.69) is 39.6 Å². The summed E-state index contributed by atoms with van der Waals surface area (Å²) < 4.78 is 5.28. The van der Waals surface area contributed by atoms with Gasteiger partial charge in [-0.15, -0.1) is 0 Å². The first kappa shape index (κ1) is 13.8. The van der Waals surface area contributed by atoms with Gasteiger partial charge in [-0.1, -0.05) is 30.3 Å². The van der Waals surface area contributed by atoms with Crippen molar-refractivity contribution in [3.8, 4) is 0 Å². The average Bonchev–Trinajstić information content (AvgIpc) is 2.96. The fourth-order valence-electron chi connectivity index (χ4n) is 2.09. The minimum absolute atomic E-state index is 0.253. The summed E-state index contributed by atoms with van der Waals surface area (Å²) in [6.45, 7) is 1.63. The first-order chi connectivity index (χ1) is 9.40. The highest BCUT2D eigenvalue weighted by molar-refractivity contribution is 5.18. The van der Waals surface area contributed by atoms with Crippen molar-refractivity contribution in [2.75, 3.05) is 20.3 Å². The Hall–Kier alpha value is -1.65. The van der Waals surface area contributed by atoms with Crippen LogP contribution in [-0.4, -0.2) is 30.2 Å². The standard InChI is InChI=1S/C15H21N3O/c1-19-12-14(13-6-3-2-4-7-13)16-9-5-8-15-17-10-11-18-15/h2-4,6-7,10-11,14,16H,5,8-9,12H2,1H3,(H,17,18). The summed E-state index contributed by atoms with van der Waals surface area (Å²) in [6, 6.07) is 10.7. The monoisotopic (exact) mass is 259 g/mol. The summed E-state index contributed by atoms with van der Waals surface area (Å²) in [7, 11) is 1.74. The molecule has 1 aromatic carbocycles. The molecule has 0 amide bonds. The zero-order chi connectivity index (χ0) is 13.3. The van der Waals surface area contributed by atoms with Gasteiger partial charge in [-0.25, -0.2) is 4.98 Å². The van der Waals surface area contributed by atoms with Crippen LogP contribution >= 0.6 is 0 Å². The molecule has 4 nitrogen and oxygen atoms in total. The highest BCUT2D eigenvalue weighted by atomic mass is 16.5. The second-order valence-electron chi connectivity index (χ2n) is 4.51. The summed E-state index contributed by atoms with van der Waals surface area (Å²) in [4.78, 5) is 7.34. The van der Waals surface area contributed by atoms with Gasteiger partial charge < -0.3 is 15.0 Å². The normalized spacial score (nSPS) is 12.5. The second kappa shape index (κ2) is 7.71. The molecule has 1 aromatic heterocycles. The Morgan fingerprint density at radius 2 is 2.16 bits per heavy atom. The van der Waals surface area contributed by atoms with E-state index >= 15 is 0 Å². The molecule has 0 fully saturated rings. The molecule has 102 valence electrons. The third kappa shape index (κ3) is 4.50. The van der Waals surface area contributed by atoms with Gasteiger partial charge in [0.2, 0.25) is 0 Å². The molecule has 0 radical (unpaired) electrons. The highest BCUT2D eigenvalue weighted by Crippen LogP contribution is 2.12. The molecule has 0 aliphatic heterocycles. The number of hydrogen-bond donors (Lipinski definition) is 2. The Labute approximate surface area is 114 Å². The van der Waals surface area contributed by atoms with Crippen molar-refractivity contribution in [1.29, 1.82) is 0 Å². The van der Waals surface area contributed by atoms with Crippen LogP contribution in [0.5, 0.6) is 0 Å². The van der Waals surface area contributed by atoms with Gasteiger partial charge in [-0.2, -0.15) is 0 Å². The summed E-state index contributed by atoms with van der Waals surface area (Å²) in [5.74, 6) is 1.05. The number of benzene rings is 1. The van der Waals surface area contributed by atoms with E-state index in [0.717, 1.165) is 25.2 Å². The zero-order valence-corrected chi connectivity index (χ0v) is 11.3. The Bertz CT molecular complexity index is 442. The van der Waals surface area contributed by atoms with Crippen molar-refractivity contribution in [3.63, 3.8) is 0 Å². The third-order valence-electron chi connectivity index (χ3n) is 3.07.